The molecule has 2 aliphatic carbocycles. The fraction of sp³-hybridized carbons (Fsp3) is 0.561. The van der Waals surface area contributed by atoms with Gasteiger partial charge in [0.2, 0.25) is 5.91 Å². The highest BCUT2D eigenvalue weighted by molar-refractivity contribution is 7.90. The number of ether oxygens (including phenoxy) is 1. The average molecular weight is 768 g/mol. The standard InChI is InChI=1S/C41H57N3O9S/c1-27(8-6-11-38(48)44(20-7-21-54(3,51)52)25-35(46)39(49)40(50)36(47)26-45)29-13-12-28(2)30(22-29)23-43-41(17-18-41)34-24-42-19-16-32(34)33-9-4-5-10-37(33)53-31-14-15-31/h4-5,9-10,12-13,16,19,22,24,27,31,35-36,39-40,43,45-47,49-50H,6-8,11,14-15,17-18,20-21,23,25-26H2,1-3H3/t27?,35-,36+,39+,40+/m0/s1. The largest absolute Gasteiger partial charge is 0.490 e. The van der Waals surface area contributed by atoms with Gasteiger partial charge >= 0.3 is 0 Å². The van der Waals surface area contributed by atoms with Crippen molar-refractivity contribution < 1.29 is 43.5 Å². The molecule has 2 fully saturated rings. The summed E-state index contributed by atoms with van der Waals surface area (Å²) in [5.41, 5.74) is 6.75. The summed E-state index contributed by atoms with van der Waals surface area (Å²) in [6.07, 6.45) is 3.98. The van der Waals surface area contributed by atoms with Crippen LogP contribution in [0.4, 0.5) is 0 Å². The number of amides is 1. The molecule has 0 saturated heterocycles. The van der Waals surface area contributed by atoms with Crippen LogP contribution in [0.1, 0.15) is 86.5 Å². The normalized spacial score (nSPS) is 18.0. The molecular formula is C41H57N3O9S. The Morgan fingerprint density at radius 3 is 2.43 bits per heavy atom. The van der Waals surface area contributed by atoms with E-state index in [4.69, 9.17) is 9.84 Å². The Bertz CT molecular complexity index is 1810. The fourth-order valence-corrected chi connectivity index (χ4v) is 7.56. The Balaban J connectivity index is 1.20. The quantitative estimate of drug-likeness (QED) is 0.0880. The maximum atomic E-state index is 13.3. The van der Waals surface area contributed by atoms with E-state index in [9.17, 15) is 33.6 Å². The van der Waals surface area contributed by atoms with Gasteiger partial charge in [0.15, 0.2) is 0 Å². The predicted octanol–water partition coefficient (Wildman–Crippen LogP) is 3.35. The van der Waals surface area contributed by atoms with E-state index in [-0.39, 0.29) is 49.0 Å². The van der Waals surface area contributed by atoms with Crippen molar-refractivity contribution in [2.24, 2.45) is 0 Å². The van der Waals surface area contributed by atoms with Gasteiger partial charge in [-0.3, -0.25) is 9.78 Å². The van der Waals surface area contributed by atoms with E-state index in [1.54, 1.807) is 0 Å². The fourth-order valence-electron chi connectivity index (χ4n) is 6.90. The molecule has 1 heterocycles. The van der Waals surface area contributed by atoms with Crippen LogP contribution in [-0.2, 0) is 26.7 Å². The van der Waals surface area contributed by atoms with E-state index >= 15 is 0 Å². The Kier molecular flexibility index (Phi) is 14.3. The van der Waals surface area contributed by atoms with Crippen LogP contribution in [0.25, 0.3) is 11.1 Å². The average Bonchev–Trinajstić information content (AvgIpc) is 4.10. The molecular weight excluding hydrogens is 711 g/mol. The van der Waals surface area contributed by atoms with E-state index in [0.29, 0.717) is 25.5 Å². The number of sulfone groups is 1. The van der Waals surface area contributed by atoms with Crippen molar-refractivity contribution in [1.82, 2.24) is 15.2 Å². The number of aliphatic hydroxyl groups is 5. The third kappa shape index (κ3) is 11.3. The van der Waals surface area contributed by atoms with Crippen LogP contribution in [0.3, 0.4) is 0 Å². The Morgan fingerprint density at radius 2 is 1.74 bits per heavy atom. The number of pyridine rings is 1. The molecule has 3 aromatic rings. The number of aromatic nitrogens is 1. The van der Waals surface area contributed by atoms with Crippen molar-refractivity contribution in [2.75, 3.05) is 31.7 Å². The van der Waals surface area contributed by atoms with Crippen molar-refractivity contribution in [1.29, 1.82) is 0 Å². The highest BCUT2D eigenvalue weighted by atomic mass is 32.2. The molecule has 0 spiro atoms. The summed E-state index contributed by atoms with van der Waals surface area (Å²) in [7, 11) is -3.29. The first kappa shape index (κ1) is 41.7. The molecule has 1 unspecified atom stereocenters. The summed E-state index contributed by atoms with van der Waals surface area (Å²) in [6, 6.07) is 16.8. The van der Waals surface area contributed by atoms with E-state index in [2.05, 4.69) is 54.5 Å². The van der Waals surface area contributed by atoms with E-state index in [1.165, 1.54) is 21.6 Å². The lowest BCUT2D eigenvalue weighted by molar-refractivity contribution is -0.139. The van der Waals surface area contributed by atoms with Crippen molar-refractivity contribution in [3.05, 3.63) is 83.2 Å². The van der Waals surface area contributed by atoms with E-state index < -0.39 is 40.9 Å². The highest BCUT2D eigenvalue weighted by Crippen LogP contribution is 2.50. The molecule has 54 heavy (non-hydrogen) atoms. The molecule has 2 aromatic carbocycles. The summed E-state index contributed by atoms with van der Waals surface area (Å²) in [5.74, 6) is 0.574. The predicted molar refractivity (Wildman–Crippen MR) is 207 cm³/mol. The van der Waals surface area contributed by atoms with Gasteiger partial charge in [-0.05, 0) is 97.7 Å². The number of nitrogens with zero attached hydrogens (tertiary/aromatic N) is 2. The molecule has 2 saturated carbocycles. The first-order valence-electron chi connectivity index (χ1n) is 19.0. The molecule has 12 nitrogen and oxygen atoms in total. The number of carbonyl (C=O) groups excluding carboxylic acids is 1. The molecule has 6 N–H and O–H groups in total. The van der Waals surface area contributed by atoms with Crippen LogP contribution in [0.15, 0.2) is 60.9 Å². The summed E-state index contributed by atoms with van der Waals surface area (Å²) in [5, 5.41) is 53.6. The minimum Gasteiger partial charge on any atom is -0.490 e. The number of aliphatic hydroxyl groups excluding tert-OH is 5. The number of hydrogen-bond acceptors (Lipinski definition) is 11. The molecule has 2 aliphatic rings. The topological polar surface area (TPSA) is 190 Å². The first-order chi connectivity index (χ1) is 25.7. The molecule has 5 rings (SSSR count). The molecule has 5 atom stereocenters. The van der Waals surface area contributed by atoms with Crippen LogP contribution < -0.4 is 10.1 Å². The van der Waals surface area contributed by atoms with Crippen molar-refractivity contribution >= 4 is 15.7 Å². The third-order valence-electron chi connectivity index (χ3n) is 10.7. The van der Waals surface area contributed by atoms with Crippen LogP contribution in [-0.4, -0.2) is 112 Å². The van der Waals surface area contributed by atoms with Gasteiger partial charge in [-0.1, -0.05) is 43.3 Å². The lowest BCUT2D eigenvalue weighted by Crippen LogP contribution is -2.50. The smallest absolute Gasteiger partial charge is 0.222 e. The second-order valence-electron chi connectivity index (χ2n) is 15.3. The Morgan fingerprint density at radius 1 is 1.02 bits per heavy atom. The van der Waals surface area contributed by atoms with Crippen LogP contribution >= 0.6 is 0 Å². The van der Waals surface area contributed by atoms with Gasteiger partial charge in [0.1, 0.15) is 40.0 Å². The van der Waals surface area contributed by atoms with Gasteiger partial charge in [0, 0.05) is 55.8 Å². The number of nitrogens with one attached hydrogen (secondary N) is 1. The monoisotopic (exact) mass is 767 g/mol. The Hall–Kier alpha value is -3.43. The maximum absolute atomic E-state index is 13.3. The van der Waals surface area contributed by atoms with Gasteiger partial charge < -0.3 is 40.5 Å². The lowest BCUT2D eigenvalue weighted by atomic mass is 9.91. The molecule has 1 aromatic heterocycles. The number of hydrogen-bond donors (Lipinski definition) is 6. The lowest BCUT2D eigenvalue weighted by Gasteiger charge is -2.30. The van der Waals surface area contributed by atoms with Crippen LogP contribution in [0.2, 0.25) is 0 Å². The number of para-hydroxylation sites is 1. The van der Waals surface area contributed by atoms with E-state index in [0.717, 1.165) is 54.4 Å². The molecule has 296 valence electrons. The number of aryl methyl sites for hydroxylation is 1. The minimum atomic E-state index is -3.29. The molecule has 0 aliphatic heterocycles. The second kappa shape index (κ2) is 18.5. The zero-order valence-corrected chi connectivity index (χ0v) is 32.4. The zero-order chi connectivity index (χ0) is 39.0. The number of rotatable bonds is 22. The summed E-state index contributed by atoms with van der Waals surface area (Å²) in [4.78, 5) is 19.1. The molecule has 0 bridgehead atoms. The zero-order valence-electron chi connectivity index (χ0n) is 31.6. The van der Waals surface area contributed by atoms with E-state index in [1.807, 2.05) is 30.6 Å². The maximum Gasteiger partial charge on any atom is 0.222 e. The SMILES string of the molecule is Cc1ccc(C(C)CCCC(=O)N(CCCS(C)(=O)=O)C[C@H](O)[C@@H](O)[C@H](O)[C@H](O)CO)cc1CNC1(c2cnccc2-c2ccccc2OC2CC2)CC1. The van der Waals surface area contributed by atoms with Crippen molar-refractivity contribution in [2.45, 2.75) is 114 Å². The first-order valence-corrected chi connectivity index (χ1v) is 21.1. The van der Waals surface area contributed by atoms with Gasteiger partial charge in [-0.25, -0.2) is 8.42 Å². The highest BCUT2D eigenvalue weighted by Gasteiger charge is 2.46. The van der Waals surface area contributed by atoms with Crippen LogP contribution in [0, 0.1) is 6.92 Å². The third-order valence-corrected chi connectivity index (χ3v) is 11.7. The number of benzene rings is 2. The molecule has 13 heteroatoms. The number of carbonyl (C=O) groups is 1. The van der Waals surface area contributed by atoms with Gasteiger partial charge in [0.25, 0.3) is 0 Å². The summed E-state index contributed by atoms with van der Waals surface area (Å²) < 4.78 is 29.7. The second-order valence-corrected chi connectivity index (χ2v) is 17.5. The molecule has 1 amide bonds. The van der Waals surface area contributed by atoms with Gasteiger partial charge in [0.05, 0.1) is 18.5 Å². The summed E-state index contributed by atoms with van der Waals surface area (Å²) in [6.45, 7) is 3.75. The molecule has 0 radical (unpaired) electrons. The van der Waals surface area contributed by atoms with Crippen molar-refractivity contribution in [3.63, 3.8) is 0 Å². The Labute approximate surface area is 319 Å². The minimum absolute atomic E-state index is 0.0288. The van der Waals surface area contributed by atoms with Crippen molar-refractivity contribution in [3.8, 4) is 16.9 Å². The van der Waals surface area contributed by atoms with Gasteiger partial charge in [-0.2, -0.15) is 0 Å². The van der Waals surface area contributed by atoms with Gasteiger partial charge in [-0.15, -0.1) is 0 Å². The van der Waals surface area contributed by atoms with Crippen LogP contribution in [0.5, 0.6) is 5.75 Å². The summed E-state index contributed by atoms with van der Waals surface area (Å²) >= 11 is 0.